The Balaban J connectivity index is 1.88. The topological polar surface area (TPSA) is 45.0 Å². The van der Waals surface area contributed by atoms with Gasteiger partial charge in [0, 0.05) is 13.2 Å². The zero-order chi connectivity index (χ0) is 12.1. The maximum absolute atomic E-state index is 12.9. The quantitative estimate of drug-likeness (QED) is 0.871. The largest absolute Gasteiger partial charge is 0.384 e. The summed E-state index contributed by atoms with van der Waals surface area (Å²) in [6.45, 7) is 1.59. The van der Waals surface area contributed by atoms with Crippen LogP contribution >= 0.6 is 0 Å². The summed E-state index contributed by atoms with van der Waals surface area (Å²) >= 11 is 0. The minimum atomic E-state index is -0.383. The molecule has 4 heteroatoms. The van der Waals surface area contributed by atoms with Gasteiger partial charge in [0.25, 0.3) is 0 Å². The molecule has 90 valence electrons. The lowest BCUT2D eigenvalue weighted by atomic mass is 10.1. The number of hydrogen-bond donors (Lipinski definition) is 1. The number of benzene rings is 1. The summed E-state index contributed by atoms with van der Waals surface area (Å²) in [5.41, 5.74) is 1.03. The van der Waals surface area contributed by atoms with Crippen LogP contribution < -0.4 is 5.32 Å². The van der Waals surface area contributed by atoms with E-state index in [0.717, 1.165) is 32.4 Å². The maximum Gasteiger partial charge on any atom is 0.124 e. The molecule has 1 heterocycles. The van der Waals surface area contributed by atoms with Gasteiger partial charge in [-0.15, -0.1) is 0 Å². The Hall–Kier alpha value is -1.60. The molecule has 1 aliphatic heterocycles. The van der Waals surface area contributed by atoms with Crippen LogP contribution in [-0.4, -0.2) is 19.3 Å². The van der Waals surface area contributed by atoms with Gasteiger partial charge in [0.2, 0.25) is 0 Å². The van der Waals surface area contributed by atoms with Gasteiger partial charge in [-0.2, -0.15) is 5.26 Å². The highest BCUT2D eigenvalue weighted by Crippen LogP contribution is 2.18. The monoisotopic (exact) mass is 234 g/mol. The standard InChI is InChI=1S/C13H15FN2O/c14-11-3-4-13(10(8-11)9-15)16-6-5-12-2-1-7-17-12/h3-4,8,12,16H,1-2,5-7H2. The van der Waals surface area contributed by atoms with Crippen LogP contribution in [0.2, 0.25) is 0 Å². The second-order valence-corrected chi connectivity index (χ2v) is 4.15. The summed E-state index contributed by atoms with van der Waals surface area (Å²) in [6.07, 6.45) is 3.48. The third-order valence-electron chi connectivity index (χ3n) is 2.91. The molecule has 0 bridgehead atoms. The van der Waals surface area contributed by atoms with E-state index in [0.29, 0.717) is 17.4 Å². The number of nitrogens with one attached hydrogen (secondary N) is 1. The lowest BCUT2D eigenvalue weighted by molar-refractivity contribution is 0.107. The first-order valence-electron chi connectivity index (χ1n) is 5.85. The van der Waals surface area contributed by atoms with Crippen molar-refractivity contribution in [3.8, 4) is 6.07 Å². The summed E-state index contributed by atoms with van der Waals surface area (Å²) in [5.74, 6) is -0.383. The molecule has 0 amide bonds. The SMILES string of the molecule is N#Cc1cc(F)ccc1NCCC1CCCO1. The molecule has 0 aromatic heterocycles. The second kappa shape index (κ2) is 5.65. The van der Waals surface area contributed by atoms with Gasteiger partial charge in [-0.3, -0.25) is 0 Å². The molecule has 1 N–H and O–H groups in total. The highest BCUT2D eigenvalue weighted by molar-refractivity contribution is 5.57. The van der Waals surface area contributed by atoms with E-state index in [-0.39, 0.29) is 5.82 Å². The van der Waals surface area contributed by atoms with E-state index in [4.69, 9.17) is 10.00 Å². The fourth-order valence-corrected chi connectivity index (χ4v) is 2.00. The van der Waals surface area contributed by atoms with Gasteiger partial charge in [-0.05, 0) is 37.5 Å². The molecule has 1 aromatic rings. The predicted molar refractivity (Wildman–Crippen MR) is 63.2 cm³/mol. The van der Waals surface area contributed by atoms with Crippen molar-refractivity contribution in [2.45, 2.75) is 25.4 Å². The summed E-state index contributed by atoms with van der Waals surface area (Å²) in [5, 5.41) is 12.0. The van der Waals surface area contributed by atoms with Crippen LogP contribution in [0.25, 0.3) is 0 Å². The smallest absolute Gasteiger partial charge is 0.124 e. The van der Waals surface area contributed by atoms with Crippen LogP contribution in [0.1, 0.15) is 24.8 Å². The molecule has 0 aliphatic carbocycles. The van der Waals surface area contributed by atoms with E-state index in [1.807, 2.05) is 6.07 Å². The molecule has 3 nitrogen and oxygen atoms in total. The van der Waals surface area contributed by atoms with Crippen molar-refractivity contribution in [3.63, 3.8) is 0 Å². The minimum Gasteiger partial charge on any atom is -0.384 e. The third-order valence-corrected chi connectivity index (χ3v) is 2.91. The predicted octanol–water partition coefficient (Wildman–Crippen LogP) is 2.68. The third kappa shape index (κ3) is 3.18. The number of anilines is 1. The summed E-state index contributed by atoms with van der Waals surface area (Å²) in [4.78, 5) is 0. The fourth-order valence-electron chi connectivity index (χ4n) is 2.00. The van der Waals surface area contributed by atoms with Gasteiger partial charge in [-0.1, -0.05) is 0 Å². The Bertz CT molecular complexity index is 422. The Labute approximate surface area is 100 Å². The van der Waals surface area contributed by atoms with Gasteiger partial charge in [-0.25, -0.2) is 4.39 Å². The number of nitrogens with zero attached hydrogens (tertiary/aromatic N) is 1. The molecule has 2 rings (SSSR count). The number of ether oxygens (including phenoxy) is 1. The van der Waals surface area contributed by atoms with Crippen molar-refractivity contribution in [2.24, 2.45) is 0 Å². The average molecular weight is 234 g/mol. The van der Waals surface area contributed by atoms with E-state index in [9.17, 15) is 4.39 Å². The van der Waals surface area contributed by atoms with Crippen molar-refractivity contribution in [2.75, 3.05) is 18.5 Å². The molecular formula is C13H15FN2O. The Morgan fingerprint density at radius 2 is 2.41 bits per heavy atom. The number of nitriles is 1. The van der Waals surface area contributed by atoms with E-state index in [1.165, 1.54) is 12.1 Å². The first kappa shape index (κ1) is 11.9. The van der Waals surface area contributed by atoms with Crippen molar-refractivity contribution in [1.29, 1.82) is 5.26 Å². The van der Waals surface area contributed by atoms with Crippen LogP contribution in [0.5, 0.6) is 0 Å². The van der Waals surface area contributed by atoms with Crippen molar-refractivity contribution in [3.05, 3.63) is 29.6 Å². The molecule has 0 radical (unpaired) electrons. The molecule has 1 aromatic carbocycles. The van der Waals surface area contributed by atoms with Gasteiger partial charge in [0.15, 0.2) is 0 Å². The van der Waals surface area contributed by atoms with Crippen LogP contribution in [0, 0.1) is 17.1 Å². The number of halogens is 1. The van der Waals surface area contributed by atoms with Gasteiger partial charge in [0.05, 0.1) is 17.4 Å². The summed E-state index contributed by atoms with van der Waals surface area (Å²) < 4.78 is 18.4. The lowest BCUT2D eigenvalue weighted by Crippen LogP contribution is -2.13. The Kier molecular flexibility index (Phi) is 3.94. The average Bonchev–Trinajstić information content (AvgIpc) is 2.84. The number of rotatable bonds is 4. The number of hydrogen-bond acceptors (Lipinski definition) is 3. The molecule has 1 atom stereocenters. The van der Waals surface area contributed by atoms with Crippen LogP contribution in [0.4, 0.5) is 10.1 Å². The highest BCUT2D eigenvalue weighted by Gasteiger charge is 2.14. The minimum absolute atomic E-state index is 0.327. The van der Waals surface area contributed by atoms with Gasteiger partial charge >= 0.3 is 0 Å². The zero-order valence-corrected chi connectivity index (χ0v) is 9.58. The zero-order valence-electron chi connectivity index (χ0n) is 9.58. The molecule has 1 aliphatic rings. The molecule has 0 saturated carbocycles. The van der Waals surface area contributed by atoms with Gasteiger partial charge < -0.3 is 10.1 Å². The molecule has 1 fully saturated rings. The van der Waals surface area contributed by atoms with E-state index in [1.54, 1.807) is 6.07 Å². The molecular weight excluding hydrogens is 219 g/mol. The van der Waals surface area contributed by atoms with Gasteiger partial charge in [0.1, 0.15) is 11.9 Å². The molecule has 0 spiro atoms. The normalized spacial score (nSPS) is 18.9. The molecule has 1 saturated heterocycles. The van der Waals surface area contributed by atoms with Crippen LogP contribution in [0.15, 0.2) is 18.2 Å². The van der Waals surface area contributed by atoms with Crippen LogP contribution in [0.3, 0.4) is 0 Å². The Morgan fingerprint density at radius 3 is 3.12 bits per heavy atom. The Morgan fingerprint density at radius 1 is 1.53 bits per heavy atom. The van der Waals surface area contributed by atoms with Crippen LogP contribution in [-0.2, 0) is 4.74 Å². The molecule has 17 heavy (non-hydrogen) atoms. The lowest BCUT2D eigenvalue weighted by Gasteiger charge is -2.11. The highest BCUT2D eigenvalue weighted by atomic mass is 19.1. The van der Waals surface area contributed by atoms with Crippen molar-refractivity contribution in [1.82, 2.24) is 0 Å². The molecule has 1 unspecified atom stereocenters. The van der Waals surface area contributed by atoms with E-state index in [2.05, 4.69) is 5.32 Å². The maximum atomic E-state index is 12.9. The van der Waals surface area contributed by atoms with E-state index < -0.39 is 0 Å². The summed E-state index contributed by atoms with van der Waals surface area (Å²) in [7, 11) is 0. The van der Waals surface area contributed by atoms with Crippen molar-refractivity contribution >= 4 is 5.69 Å². The first-order valence-corrected chi connectivity index (χ1v) is 5.85. The summed E-state index contributed by atoms with van der Waals surface area (Å²) in [6, 6.07) is 6.18. The van der Waals surface area contributed by atoms with Crippen molar-refractivity contribution < 1.29 is 9.13 Å². The van der Waals surface area contributed by atoms with E-state index >= 15 is 0 Å². The second-order valence-electron chi connectivity index (χ2n) is 4.15. The fraction of sp³-hybridized carbons (Fsp3) is 0.462. The first-order chi connectivity index (χ1) is 8.29.